The number of hydrazine groups is 1. The van der Waals surface area contributed by atoms with Crippen molar-refractivity contribution in [3.63, 3.8) is 0 Å². The summed E-state index contributed by atoms with van der Waals surface area (Å²) in [6, 6.07) is 9.12. The summed E-state index contributed by atoms with van der Waals surface area (Å²) in [7, 11) is 0. The van der Waals surface area contributed by atoms with Gasteiger partial charge in [0.2, 0.25) is 0 Å². The van der Waals surface area contributed by atoms with Crippen LogP contribution in [0, 0.1) is 0 Å². The fourth-order valence-corrected chi connectivity index (χ4v) is 4.10. The lowest BCUT2D eigenvalue weighted by molar-refractivity contribution is -0.924. The van der Waals surface area contributed by atoms with E-state index < -0.39 is 5.91 Å². The van der Waals surface area contributed by atoms with Gasteiger partial charge in [0.1, 0.15) is 11.8 Å². The largest absolute Gasteiger partial charge is 0.484 e. The van der Waals surface area contributed by atoms with E-state index in [0.29, 0.717) is 17.3 Å². The van der Waals surface area contributed by atoms with Gasteiger partial charge < -0.3 is 9.64 Å². The van der Waals surface area contributed by atoms with Crippen LogP contribution in [-0.2, 0) is 16.0 Å². The van der Waals surface area contributed by atoms with E-state index in [1.165, 1.54) is 15.3 Å². The molecule has 3 rings (SSSR count). The fourth-order valence-electron chi connectivity index (χ4n) is 3.00. The molecule has 1 unspecified atom stereocenters. The second kappa shape index (κ2) is 8.53. The molecule has 6 nitrogen and oxygen atoms in total. The number of rotatable bonds is 5. The first-order valence-corrected chi connectivity index (χ1v) is 9.65. The number of amides is 2. The predicted molar refractivity (Wildman–Crippen MR) is 100 cm³/mol. The number of fused-ring (bicyclic) bond motifs is 1. The van der Waals surface area contributed by atoms with E-state index in [9.17, 15) is 9.59 Å². The first-order valence-electron chi connectivity index (χ1n) is 8.40. The van der Waals surface area contributed by atoms with Gasteiger partial charge in [-0.2, -0.15) is 0 Å². The van der Waals surface area contributed by atoms with Crippen molar-refractivity contribution >= 4 is 34.8 Å². The van der Waals surface area contributed by atoms with Crippen molar-refractivity contribution in [1.29, 1.82) is 0 Å². The molecule has 0 aliphatic carbocycles. The van der Waals surface area contributed by atoms with Crippen molar-refractivity contribution in [1.82, 2.24) is 10.9 Å². The molecule has 26 heavy (non-hydrogen) atoms. The summed E-state index contributed by atoms with van der Waals surface area (Å²) in [6.45, 7) is 3.17. The highest BCUT2D eigenvalue weighted by molar-refractivity contribution is 7.10. The molecule has 1 aromatic heterocycles. The molecule has 1 aliphatic heterocycles. The Hall–Kier alpha value is -2.09. The first kappa shape index (κ1) is 18.7. The van der Waals surface area contributed by atoms with Crippen molar-refractivity contribution in [2.45, 2.75) is 19.4 Å². The highest BCUT2D eigenvalue weighted by Crippen LogP contribution is 2.24. The SMILES string of the molecule is C[C@H]1c2ccsc2CC[NH+]1CC(=O)NNC(=O)COc1ccc(Cl)cc1. The molecular weight excluding hydrogens is 374 g/mol. The number of hydrogen-bond acceptors (Lipinski definition) is 4. The summed E-state index contributed by atoms with van der Waals surface area (Å²) in [5.41, 5.74) is 6.16. The molecule has 0 bridgehead atoms. The van der Waals surface area contributed by atoms with E-state index in [0.717, 1.165) is 13.0 Å². The summed E-state index contributed by atoms with van der Waals surface area (Å²) in [4.78, 5) is 26.5. The molecule has 138 valence electrons. The first-order chi connectivity index (χ1) is 12.5. The van der Waals surface area contributed by atoms with Crippen LogP contribution in [0.4, 0.5) is 0 Å². The third kappa shape index (κ3) is 4.75. The Morgan fingerprint density at radius 1 is 1.23 bits per heavy atom. The van der Waals surface area contributed by atoms with Gasteiger partial charge in [0, 0.05) is 21.9 Å². The van der Waals surface area contributed by atoms with Crippen molar-refractivity contribution in [3.8, 4) is 5.75 Å². The van der Waals surface area contributed by atoms with Crippen molar-refractivity contribution in [2.75, 3.05) is 19.7 Å². The second-order valence-electron chi connectivity index (χ2n) is 6.19. The summed E-state index contributed by atoms with van der Waals surface area (Å²) in [5, 5.41) is 2.70. The van der Waals surface area contributed by atoms with Gasteiger partial charge in [-0.3, -0.25) is 20.4 Å². The maximum Gasteiger partial charge on any atom is 0.293 e. The molecule has 0 radical (unpaired) electrons. The molecule has 8 heteroatoms. The van der Waals surface area contributed by atoms with E-state index in [2.05, 4.69) is 29.2 Å². The van der Waals surface area contributed by atoms with Crippen LogP contribution < -0.4 is 20.5 Å². The number of carbonyl (C=O) groups excluding carboxylic acids is 2. The molecular formula is C18H21ClN3O3S+. The number of benzene rings is 1. The quantitative estimate of drug-likeness (QED) is 0.666. The van der Waals surface area contributed by atoms with E-state index in [4.69, 9.17) is 16.3 Å². The third-order valence-corrected chi connectivity index (χ3v) is 5.69. The van der Waals surface area contributed by atoms with Crippen molar-refractivity contribution < 1.29 is 19.2 Å². The zero-order valence-corrected chi connectivity index (χ0v) is 16.0. The number of quaternary nitrogens is 1. The molecule has 2 atom stereocenters. The molecule has 2 heterocycles. The fraction of sp³-hybridized carbons (Fsp3) is 0.333. The minimum Gasteiger partial charge on any atom is -0.484 e. The highest BCUT2D eigenvalue weighted by Gasteiger charge is 2.29. The lowest BCUT2D eigenvalue weighted by atomic mass is 10.0. The average molecular weight is 395 g/mol. The molecule has 2 aromatic rings. The Bertz CT molecular complexity index is 778. The summed E-state index contributed by atoms with van der Waals surface area (Å²) in [5.74, 6) is -0.102. The van der Waals surface area contributed by atoms with E-state index in [1.54, 1.807) is 35.6 Å². The zero-order chi connectivity index (χ0) is 18.5. The number of ether oxygens (including phenoxy) is 1. The maximum atomic E-state index is 12.1. The number of nitrogens with one attached hydrogen (secondary N) is 3. The predicted octanol–water partition coefficient (Wildman–Crippen LogP) is 1.13. The lowest BCUT2D eigenvalue weighted by Crippen LogP contribution is -3.14. The molecule has 2 amide bonds. The maximum absolute atomic E-state index is 12.1. The van der Waals surface area contributed by atoms with Crippen molar-refractivity contribution in [3.05, 3.63) is 51.2 Å². The van der Waals surface area contributed by atoms with Crippen LogP contribution in [0.25, 0.3) is 0 Å². The minimum absolute atomic E-state index is 0.187. The van der Waals surface area contributed by atoms with Gasteiger partial charge >= 0.3 is 0 Å². The van der Waals surface area contributed by atoms with Gasteiger partial charge in [-0.05, 0) is 42.6 Å². The van der Waals surface area contributed by atoms with Gasteiger partial charge in [-0.15, -0.1) is 11.3 Å². The Kier molecular flexibility index (Phi) is 6.13. The van der Waals surface area contributed by atoms with Gasteiger partial charge in [0.05, 0.1) is 6.54 Å². The van der Waals surface area contributed by atoms with Crippen LogP contribution in [0.3, 0.4) is 0 Å². The van der Waals surface area contributed by atoms with E-state index in [-0.39, 0.29) is 18.6 Å². The number of hydrogen-bond donors (Lipinski definition) is 3. The Morgan fingerprint density at radius 2 is 1.96 bits per heavy atom. The number of carbonyl (C=O) groups is 2. The smallest absolute Gasteiger partial charge is 0.293 e. The Morgan fingerprint density at radius 3 is 2.73 bits per heavy atom. The topological polar surface area (TPSA) is 71.9 Å². The van der Waals surface area contributed by atoms with Crippen molar-refractivity contribution in [2.24, 2.45) is 0 Å². The molecule has 1 aliphatic rings. The van der Waals surface area contributed by atoms with Crippen LogP contribution in [0.1, 0.15) is 23.4 Å². The van der Waals surface area contributed by atoms with Crippen LogP contribution in [0.2, 0.25) is 5.02 Å². The molecule has 0 fully saturated rings. The number of thiophene rings is 1. The summed E-state index contributed by atoms with van der Waals surface area (Å²) < 4.78 is 5.33. The standard InChI is InChI=1S/C18H20ClN3O3S/c1-12-15-7-9-26-16(15)6-8-22(12)10-17(23)20-21-18(24)11-25-14-4-2-13(19)3-5-14/h2-5,7,9,12H,6,8,10-11H2,1H3,(H,20,23)(H,21,24)/p+1/t12-/m0/s1. The molecule has 0 saturated heterocycles. The molecule has 1 aromatic carbocycles. The van der Waals surface area contributed by atoms with E-state index in [1.807, 2.05) is 0 Å². The lowest BCUT2D eigenvalue weighted by Gasteiger charge is -2.29. The molecule has 0 spiro atoms. The monoisotopic (exact) mass is 394 g/mol. The summed E-state index contributed by atoms with van der Waals surface area (Å²) in [6.07, 6.45) is 0.987. The second-order valence-corrected chi connectivity index (χ2v) is 7.63. The van der Waals surface area contributed by atoms with E-state index >= 15 is 0 Å². The summed E-state index contributed by atoms with van der Waals surface area (Å²) >= 11 is 7.56. The highest BCUT2D eigenvalue weighted by atomic mass is 35.5. The minimum atomic E-state index is -0.421. The van der Waals surface area contributed by atoms with Gasteiger partial charge in [-0.25, -0.2) is 0 Å². The van der Waals surface area contributed by atoms with Crippen LogP contribution in [-0.4, -0.2) is 31.5 Å². The van der Waals surface area contributed by atoms with Crippen LogP contribution >= 0.6 is 22.9 Å². The molecule has 3 N–H and O–H groups in total. The zero-order valence-electron chi connectivity index (χ0n) is 14.4. The Labute approximate surface area is 161 Å². The molecule has 0 saturated carbocycles. The van der Waals surface area contributed by atoms with Crippen LogP contribution in [0.5, 0.6) is 5.75 Å². The average Bonchev–Trinajstić information content (AvgIpc) is 3.11. The van der Waals surface area contributed by atoms with Gasteiger partial charge in [0.25, 0.3) is 11.8 Å². The van der Waals surface area contributed by atoms with Gasteiger partial charge in [0.15, 0.2) is 13.2 Å². The van der Waals surface area contributed by atoms with Gasteiger partial charge in [-0.1, -0.05) is 11.6 Å². The third-order valence-electron chi connectivity index (χ3n) is 4.44. The normalized spacial score (nSPS) is 18.7. The Balaban J connectivity index is 1.40. The van der Waals surface area contributed by atoms with Crippen LogP contribution in [0.15, 0.2) is 35.7 Å². The number of halogens is 1.